The van der Waals surface area contributed by atoms with E-state index in [4.69, 9.17) is 11.6 Å². The number of anilines is 2. The lowest BCUT2D eigenvalue weighted by atomic mass is 9.66. The molecule has 0 fully saturated rings. The molecule has 6 nitrogen and oxygen atoms in total. The molecule has 3 N–H and O–H groups in total. The summed E-state index contributed by atoms with van der Waals surface area (Å²) >= 11 is 5.95. The van der Waals surface area contributed by atoms with Gasteiger partial charge >= 0.3 is 12.0 Å². The Morgan fingerprint density at radius 3 is 2.37 bits per heavy atom. The van der Waals surface area contributed by atoms with E-state index in [2.05, 4.69) is 10.6 Å². The Morgan fingerprint density at radius 1 is 0.971 bits per heavy atom. The van der Waals surface area contributed by atoms with Gasteiger partial charge in [-0.3, -0.25) is 9.59 Å². The number of hydrogen-bond donors (Lipinski definition) is 3. The number of carboxylic acid groups (broad SMARTS) is 1. The van der Waals surface area contributed by atoms with Crippen molar-refractivity contribution >= 4 is 40.8 Å². The predicted molar refractivity (Wildman–Crippen MR) is 138 cm³/mol. The maximum atomic E-state index is 13.3. The highest BCUT2D eigenvalue weighted by atomic mass is 35.5. The van der Waals surface area contributed by atoms with Gasteiger partial charge in [-0.15, -0.1) is 0 Å². The number of benzene rings is 3. The molecule has 0 bridgehead atoms. The van der Waals surface area contributed by atoms with Gasteiger partial charge in [0.2, 0.25) is 0 Å². The summed E-state index contributed by atoms with van der Waals surface area (Å²) in [6.07, 6.45) is 2.45. The minimum Gasteiger partial charge on any atom is -0.481 e. The number of carbonyl (C=O) groups is 3. The maximum Gasteiger partial charge on any atom is 0.323 e. The number of aliphatic carboxylic acids is 1. The Hall–Kier alpha value is -3.64. The Balaban J connectivity index is 1.47. The second-order valence-corrected chi connectivity index (χ2v) is 9.41. The van der Waals surface area contributed by atoms with E-state index in [1.807, 2.05) is 49.4 Å². The minimum atomic E-state index is -0.929. The number of urea groups is 1. The molecule has 0 aliphatic heterocycles. The molecule has 1 aliphatic carbocycles. The number of fused-ring (bicyclic) bond motifs is 1. The largest absolute Gasteiger partial charge is 0.481 e. The van der Waals surface area contributed by atoms with Gasteiger partial charge in [0, 0.05) is 27.4 Å². The van der Waals surface area contributed by atoms with Crippen LogP contribution in [0, 0.1) is 5.41 Å². The summed E-state index contributed by atoms with van der Waals surface area (Å²) < 4.78 is 0. The van der Waals surface area contributed by atoms with E-state index in [0.29, 0.717) is 41.2 Å². The molecular weight excluding hydrogens is 464 g/mol. The first kappa shape index (κ1) is 24.5. The van der Waals surface area contributed by atoms with Crippen molar-refractivity contribution < 1.29 is 19.5 Å². The van der Waals surface area contributed by atoms with E-state index < -0.39 is 11.4 Å². The van der Waals surface area contributed by atoms with E-state index >= 15 is 0 Å². The van der Waals surface area contributed by atoms with Crippen molar-refractivity contribution in [3.05, 3.63) is 82.9 Å². The van der Waals surface area contributed by atoms with Gasteiger partial charge in [-0.05, 0) is 66.3 Å². The van der Waals surface area contributed by atoms with Crippen molar-refractivity contribution in [1.82, 2.24) is 0 Å². The van der Waals surface area contributed by atoms with E-state index in [-0.39, 0.29) is 18.2 Å². The van der Waals surface area contributed by atoms with Gasteiger partial charge in [0.15, 0.2) is 5.78 Å². The van der Waals surface area contributed by atoms with E-state index in [0.717, 1.165) is 23.1 Å². The molecule has 4 rings (SSSR count). The second kappa shape index (κ2) is 10.3. The lowest BCUT2D eigenvalue weighted by Gasteiger charge is -2.35. The van der Waals surface area contributed by atoms with Gasteiger partial charge in [-0.25, -0.2) is 4.79 Å². The molecule has 7 heteroatoms. The zero-order valence-electron chi connectivity index (χ0n) is 19.4. The van der Waals surface area contributed by atoms with Crippen LogP contribution in [0.2, 0.25) is 5.02 Å². The number of carboxylic acids is 1. The van der Waals surface area contributed by atoms with Crippen LogP contribution in [0.5, 0.6) is 0 Å². The standard InChI is InChI=1S/C28H27ClN2O4/c1-2-13-28(17-25(32)33)14-12-20-15-19(8-11-24(20)26(28)34)18-6-9-22(10-7-18)30-27(35)31-23-5-3-4-21(29)16-23/h3-11,15-16H,2,12-14,17H2,1H3,(H,32,33)(H2,30,31,35). The van der Waals surface area contributed by atoms with Crippen LogP contribution in [-0.4, -0.2) is 22.9 Å². The van der Waals surface area contributed by atoms with Crippen molar-refractivity contribution in [3.8, 4) is 11.1 Å². The van der Waals surface area contributed by atoms with Gasteiger partial charge in [-0.2, -0.15) is 0 Å². The molecule has 3 aromatic carbocycles. The summed E-state index contributed by atoms with van der Waals surface area (Å²) in [5, 5.41) is 15.5. The van der Waals surface area contributed by atoms with Crippen molar-refractivity contribution in [2.45, 2.75) is 39.0 Å². The van der Waals surface area contributed by atoms with Crippen LogP contribution >= 0.6 is 11.6 Å². The first-order valence-corrected chi connectivity index (χ1v) is 12.0. The van der Waals surface area contributed by atoms with Crippen LogP contribution in [-0.2, 0) is 11.2 Å². The molecular formula is C28H27ClN2O4. The summed E-state index contributed by atoms with van der Waals surface area (Å²) in [7, 11) is 0. The average molecular weight is 491 g/mol. The van der Waals surface area contributed by atoms with Gasteiger partial charge in [-0.1, -0.05) is 61.3 Å². The van der Waals surface area contributed by atoms with Crippen LogP contribution in [0.25, 0.3) is 11.1 Å². The number of amides is 2. The first-order valence-electron chi connectivity index (χ1n) is 11.6. The summed E-state index contributed by atoms with van der Waals surface area (Å²) in [6, 6.07) is 19.7. The number of aryl methyl sites for hydroxylation is 1. The van der Waals surface area contributed by atoms with Crippen molar-refractivity contribution in [2.75, 3.05) is 10.6 Å². The van der Waals surface area contributed by atoms with Crippen LogP contribution in [0.3, 0.4) is 0 Å². The molecule has 2 amide bonds. The Morgan fingerprint density at radius 2 is 1.69 bits per heavy atom. The summed E-state index contributed by atoms with van der Waals surface area (Å²) in [5.41, 5.74) is 3.93. The fourth-order valence-corrected chi connectivity index (χ4v) is 5.03. The van der Waals surface area contributed by atoms with Crippen molar-refractivity contribution in [2.24, 2.45) is 5.41 Å². The van der Waals surface area contributed by atoms with Crippen molar-refractivity contribution in [1.29, 1.82) is 0 Å². The number of Topliss-reactive ketones (excluding diaryl/α,β-unsaturated/α-hetero) is 1. The highest BCUT2D eigenvalue weighted by molar-refractivity contribution is 6.30. The molecule has 0 aromatic heterocycles. The van der Waals surface area contributed by atoms with E-state index in [9.17, 15) is 19.5 Å². The summed E-state index contributed by atoms with van der Waals surface area (Å²) in [4.78, 5) is 37.0. The minimum absolute atomic E-state index is 0.0557. The maximum absolute atomic E-state index is 13.3. The molecule has 0 heterocycles. The Kier molecular flexibility index (Phi) is 7.22. The van der Waals surface area contributed by atoms with Crippen LogP contribution in [0.15, 0.2) is 66.7 Å². The molecule has 35 heavy (non-hydrogen) atoms. The molecule has 1 atom stereocenters. The zero-order chi connectivity index (χ0) is 25.0. The number of carbonyl (C=O) groups excluding carboxylic acids is 2. The predicted octanol–water partition coefficient (Wildman–Crippen LogP) is 7.04. The molecule has 1 unspecified atom stereocenters. The summed E-state index contributed by atoms with van der Waals surface area (Å²) in [5.74, 6) is -0.985. The number of ketones is 1. The highest BCUT2D eigenvalue weighted by Crippen LogP contribution is 2.43. The van der Waals surface area contributed by atoms with Gasteiger partial charge < -0.3 is 15.7 Å². The molecule has 0 spiro atoms. The van der Waals surface area contributed by atoms with E-state index in [1.54, 1.807) is 24.3 Å². The van der Waals surface area contributed by atoms with Gasteiger partial charge in [0.25, 0.3) is 0 Å². The highest BCUT2D eigenvalue weighted by Gasteiger charge is 2.43. The van der Waals surface area contributed by atoms with Crippen LogP contribution < -0.4 is 10.6 Å². The van der Waals surface area contributed by atoms with Gasteiger partial charge in [0.1, 0.15) is 0 Å². The molecule has 0 saturated heterocycles. The average Bonchev–Trinajstić information content (AvgIpc) is 2.81. The molecule has 180 valence electrons. The van der Waals surface area contributed by atoms with Gasteiger partial charge in [0.05, 0.1) is 6.42 Å². The Labute approximate surface area is 209 Å². The topological polar surface area (TPSA) is 95.5 Å². The monoisotopic (exact) mass is 490 g/mol. The van der Waals surface area contributed by atoms with Crippen molar-refractivity contribution in [3.63, 3.8) is 0 Å². The number of halogens is 1. The molecule has 3 aromatic rings. The van der Waals surface area contributed by atoms with Crippen LogP contribution in [0.4, 0.5) is 16.2 Å². The fourth-order valence-electron chi connectivity index (χ4n) is 4.84. The summed E-state index contributed by atoms with van der Waals surface area (Å²) in [6.45, 7) is 1.98. The lowest BCUT2D eigenvalue weighted by Crippen LogP contribution is -2.38. The SMILES string of the molecule is CCCC1(CC(=O)O)CCc2cc(-c3ccc(NC(=O)Nc4cccc(Cl)c4)cc3)ccc2C1=O. The number of hydrogen-bond acceptors (Lipinski definition) is 3. The lowest BCUT2D eigenvalue weighted by molar-refractivity contribution is -0.139. The normalized spacial score (nSPS) is 16.9. The number of rotatable bonds is 7. The van der Waals surface area contributed by atoms with E-state index in [1.165, 1.54) is 0 Å². The Bertz CT molecular complexity index is 1270. The smallest absolute Gasteiger partial charge is 0.323 e. The second-order valence-electron chi connectivity index (χ2n) is 8.97. The third-order valence-electron chi connectivity index (χ3n) is 6.48. The quantitative estimate of drug-likeness (QED) is 0.331. The first-order chi connectivity index (χ1) is 16.8. The van der Waals surface area contributed by atoms with Crippen LogP contribution in [0.1, 0.15) is 48.5 Å². The molecule has 0 saturated carbocycles. The zero-order valence-corrected chi connectivity index (χ0v) is 20.2. The third-order valence-corrected chi connectivity index (χ3v) is 6.72. The third kappa shape index (κ3) is 5.54. The fraction of sp³-hybridized carbons (Fsp3) is 0.250. The molecule has 1 aliphatic rings. The number of nitrogens with one attached hydrogen (secondary N) is 2. The molecule has 0 radical (unpaired) electrons.